The Morgan fingerprint density at radius 1 is 1.30 bits per heavy atom. The largest absolute Gasteiger partial charge is 0.465 e. The van der Waals surface area contributed by atoms with Gasteiger partial charge in [0.05, 0.1) is 18.4 Å². The third-order valence-electron chi connectivity index (χ3n) is 3.52. The molecule has 0 aliphatic rings. The molecular weight excluding hydrogens is 294 g/mol. The summed E-state index contributed by atoms with van der Waals surface area (Å²) in [5.41, 5.74) is 3.68. The fourth-order valence-corrected chi connectivity index (χ4v) is 2.22. The molecule has 1 aromatic carbocycles. The van der Waals surface area contributed by atoms with E-state index in [0.29, 0.717) is 11.3 Å². The minimum Gasteiger partial charge on any atom is -0.465 e. The van der Waals surface area contributed by atoms with Gasteiger partial charge in [0.25, 0.3) is 0 Å². The molecule has 23 heavy (non-hydrogen) atoms. The van der Waals surface area contributed by atoms with Crippen LogP contribution in [0.25, 0.3) is 6.08 Å². The summed E-state index contributed by atoms with van der Waals surface area (Å²) < 4.78 is 6.43. The summed E-state index contributed by atoms with van der Waals surface area (Å²) in [4.78, 5) is 23.5. The van der Waals surface area contributed by atoms with E-state index in [9.17, 15) is 9.59 Å². The second-order valence-electron chi connectivity index (χ2n) is 5.10. The lowest BCUT2D eigenvalue weighted by atomic mass is 10.2. The first kappa shape index (κ1) is 16.5. The second kappa shape index (κ2) is 6.91. The standard InChI is InChI=1S/C17H19N3O3/c1-11-15(12(2)20(3)19-11)8-9-16(21)18-14-7-5-6-13(10-14)17(22)23-4/h5-10H,1-4H3,(H,18,21). The number of ether oxygens (including phenoxy) is 1. The predicted octanol–water partition coefficient (Wildman–Crippen LogP) is 2.48. The molecule has 1 N–H and O–H groups in total. The number of nitrogens with zero attached hydrogens (tertiary/aromatic N) is 2. The van der Waals surface area contributed by atoms with Gasteiger partial charge in [0, 0.05) is 30.1 Å². The molecule has 6 heteroatoms. The van der Waals surface area contributed by atoms with Crippen LogP contribution < -0.4 is 5.32 Å². The van der Waals surface area contributed by atoms with Crippen LogP contribution in [0.3, 0.4) is 0 Å². The van der Waals surface area contributed by atoms with Crippen molar-refractivity contribution < 1.29 is 14.3 Å². The predicted molar refractivity (Wildman–Crippen MR) is 88.1 cm³/mol. The molecule has 0 bridgehead atoms. The molecule has 0 aliphatic carbocycles. The number of hydrogen-bond donors (Lipinski definition) is 1. The van der Waals surface area contributed by atoms with E-state index in [0.717, 1.165) is 17.0 Å². The molecule has 0 spiro atoms. The molecule has 0 saturated heterocycles. The molecule has 1 amide bonds. The van der Waals surface area contributed by atoms with Crippen LogP contribution in [-0.2, 0) is 16.6 Å². The SMILES string of the molecule is COC(=O)c1cccc(NC(=O)C=Cc2c(C)nn(C)c2C)c1. The molecule has 2 aromatic rings. The fraction of sp³-hybridized carbons (Fsp3) is 0.235. The number of carbonyl (C=O) groups excluding carboxylic acids is 2. The lowest BCUT2D eigenvalue weighted by molar-refractivity contribution is -0.111. The van der Waals surface area contributed by atoms with Crippen LogP contribution in [0.1, 0.15) is 27.3 Å². The van der Waals surface area contributed by atoms with Crippen molar-refractivity contribution >= 4 is 23.6 Å². The number of aryl methyl sites for hydroxylation is 2. The molecule has 0 atom stereocenters. The van der Waals surface area contributed by atoms with Gasteiger partial charge in [-0.2, -0.15) is 5.10 Å². The van der Waals surface area contributed by atoms with Crippen molar-refractivity contribution in [3.63, 3.8) is 0 Å². The highest BCUT2D eigenvalue weighted by Gasteiger charge is 2.08. The minimum absolute atomic E-state index is 0.283. The maximum Gasteiger partial charge on any atom is 0.337 e. The molecule has 6 nitrogen and oxygen atoms in total. The van der Waals surface area contributed by atoms with E-state index in [1.807, 2.05) is 20.9 Å². The van der Waals surface area contributed by atoms with Crippen LogP contribution in [0.15, 0.2) is 30.3 Å². The Morgan fingerprint density at radius 3 is 2.65 bits per heavy atom. The molecular formula is C17H19N3O3. The summed E-state index contributed by atoms with van der Waals surface area (Å²) in [6.07, 6.45) is 3.18. The van der Waals surface area contributed by atoms with Crippen LogP contribution in [0.4, 0.5) is 5.69 Å². The number of methoxy groups -OCH3 is 1. The van der Waals surface area contributed by atoms with E-state index >= 15 is 0 Å². The molecule has 1 aromatic heterocycles. The van der Waals surface area contributed by atoms with Crippen molar-refractivity contribution in [2.24, 2.45) is 7.05 Å². The van der Waals surface area contributed by atoms with Crippen LogP contribution in [0.5, 0.6) is 0 Å². The van der Waals surface area contributed by atoms with Crippen molar-refractivity contribution in [1.82, 2.24) is 9.78 Å². The van der Waals surface area contributed by atoms with E-state index in [4.69, 9.17) is 0 Å². The van der Waals surface area contributed by atoms with Gasteiger partial charge in [0.15, 0.2) is 0 Å². The Balaban J connectivity index is 2.10. The molecule has 1 heterocycles. The van der Waals surface area contributed by atoms with Gasteiger partial charge in [-0.3, -0.25) is 9.48 Å². The monoisotopic (exact) mass is 313 g/mol. The first-order chi connectivity index (χ1) is 10.9. The normalized spacial score (nSPS) is 10.8. The van der Waals surface area contributed by atoms with E-state index < -0.39 is 5.97 Å². The van der Waals surface area contributed by atoms with Gasteiger partial charge < -0.3 is 10.1 Å². The summed E-state index contributed by atoms with van der Waals surface area (Å²) in [6, 6.07) is 6.58. The number of hydrogen-bond acceptors (Lipinski definition) is 4. The Kier molecular flexibility index (Phi) is 4.95. The lowest BCUT2D eigenvalue weighted by Crippen LogP contribution is -2.09. The molecule has 2 rings (SSSR count). The van der Waals surface area contributed by atoms with E-state index in [1.54, 1.807) is 35.0 Å². The topological polar surface area (TPSA) is 73.2 Å². The second-order valence-corrected chi connectivity index (χ2v) is 5.10. The van der Waals surface area contributed by atoms with Gasteiger partial charge in [-0.25, -0.2) is 4.79 Å². The third-order valence-corrected chi connectivity index (χ3v) is 3.52. The number of aromatic nitrogens is 2. The van der Waals surface area contributed by atoms with E-state index in [2.05, 4.69) is 15.2 Å². The van der Waals surface area contributed by atoms with Gasteiger partial charge in [0.1, 0.15) is 0 Å². The van der Waals surface area contributed by atoms with Crippen molar-refractivity contribution in [1.29, 1.82) is 0 Å². The number of esters is 1. The van der Waals surface area contributed by atoms with Crippen molar-refractivity contribution in [3.05, 3.63) is 52.9 Å². The summed E-state index contributed by atoms with van der Waals surface area (Å²) in [7, 11) is 3.17. The van der Waals surface area contributed by atoms with Gasteiger partial charge in [0.2, 0.25) is 5.91 Å². The highest BCUT2D eigenvalue weighted by Crippen LogP contribution is 2.15. The Morgan fingerprint density at radius 2 is 2.04 bits per heavy atom. The molecule has 0 unspecified atom stereocenters. The minimum atomic E-state index is -0.446. The summed E-state index contributed by atoms with van der Waals surface area (Å²) in [6.45, 7) is 3.84. The Bertz CT molecular complexity index is 775. The van der Waals surface area contributed by atoms with E-state index in [-0.39, 0.29) is 5.91 Å². The number of nitrogens with one attached hydrogen (secondary N) is 1. The van der Waals surface area contributed by atoms with Crippen molar-refractivity contribution in [2.45, 2.75) is 13.8 Å². The molecule has 0 saturated carbocycles. The van der Waals surface area contributed by atoms with Gasteiger partial charge in [-0.15, -0.1) is 0 Å². The number of carbonyl (C=O) groups is 2. The van der Waals surface area contributed by atoms with Crippen LogP contribution in [-0.4, -0.2) is 28.8 Å². The first-order valence-corrected chi connectivity index (χ1v) is 7.10. The number of anilines is 1. The zero-order chi connectivity index (χ0) is 17.0. The quantitative estimate of drug-likeness (QED) is 0.695. The van der Waals surface area contributed by atoms with Crippen molar-refractivity contribution in [3.8, 4) is 0 Å². The highest BCUT2D eigenvalue weighted by molar-refractivity contribution is 6.02. The first-order valence-electron chi connectivity index (χ1n) is 7.10. The number of amides is 1. The average molecular weight is 313 g/mol. The Labute approximate surface area is 134 Å². The number of benzene rings is 1. The van der Waals surface area contributed by atoms with Crippen molar-refractivity contribution in [2.75, 3.05) is 12.4 Å². The lowest BCUT2D eigenvalue weighted by Gasteiger charge is -2.04. The smallest absolute Gasteiger partial charge is 0.337 e. The summed E-state index contributed by atoms with van der Waals surface area (Å²) >= 11 is 0. The molecule has 120 valence electrons. The summed E-state index contributed by atoms with van der Waals surface area (Å²) in [5, 5.41) is 7.01. The maximum atomic E-state index is 12.0. The zero-order valence-corrected chi connectivity index (χ0v) is 13.6. The van der Waals surface area contributed by atoms with Crippen LogP contribution in [0.2, 0.25) is 0 Å². The average Bonchev–Trinajstić information content (AvgIpc) is 2.77. The third kappa shape index (κ3) is 3.85. The van der Waals surface area contributed by atoms with Gasteiger partial charge in [-0.05, 0) is 38.1 Å². The van der Waals surface area contributed by atoms with Gasteiger partial charge in [-0.1, -0.05) is 6.07 Å². The van der Waals surface area contributed by atoms with Crippen LogP contribution in [0, 0.1) is 13.8 Å². The van der Waals surface area contributed by atoms with E-state index in [1.165, 1.54) is 13.2 Å². The summed E-state index contributed by atoms with van der Waals surface area (Å²) in [5.74, 6) is -0.729. The number of rotatable bonds is 4. The van der Waals surface area contributed by atoms with Gasteiger partial charge >= 0.3 is 5.97 Å². The maximum absolute atomic E-state index is 12.0. The highest BCUT2D eigenvalue weighted by atomic mass is 16.5. The fourth-order valence-electron chi connectivity index (χ4n) is 2.22. The molecule has 0 fully saturated rings. The molecule has 0 radical (unpaired) electrons. The Hall–Kier alpha value is -2.89. The van der Waals surface area contributed by atoms with Crippen LogP contribution >= 0.6 is 0 Å². The zero-order valence-electron chi connectivity index (χ0n) is 13.6. The molecule has 0 aliphatic heterocycles.